The molecule has 1 N–H and O–H groups in total. The SMILES string of the molecule is Cc1ccc(NC(=O)c2nn3c(C)nnc3s2)c(C)c1. The van der Waals surface area contributed by atoms with Crippen LogP contribution < -0.4 is 5.32 Å². The molecule has 0 saturated heterocycles. The summed E-state index contributed by atoms with van der Waals surface area (Å²) in [5, 5.41) is 15.3. The number of aromatic nitrogens is 4. The van der Waals surface area contributed by atoms with Crippen LogP contribution in [-0.2, 0) is 0 Å². The number of nitrogens with zero attached hydrogens (tertiary/aromatic N) is 4. The van der Waals surface area contributed by atoms with Gasteiger partial charge in [0.1, 0.15) is 0 Å². The lowest BCUT2D eigenvalue weighted by atomic mass is 10.1. The van der Waals surface area contributed by atoms with Gasteiger partial charge in [0.15, 0.2) is 5.82 Å². The van der Waals surface area contributed by atoms with Crippen LogP contribution in [0.3, 0.4) is 0 Å². The Morgan fingerprint density at radius 1 is 1.25 bits per heavy atom. The largest absolute Gasteiger partial charge is 0.320 e. The molecule has 102 valence electrons. The zero-order valence-corrected chi connectivity index (χ0v) is 12.2. The van der Waals surface area contributed by atoms with Crippen LogP contribution >= 0.6 is 11.3 Å². The molecule has 0 aliphatic carbocycles. The lowest BCUT2D eigenvalue weighted by molar-refractivity contribution is 0.102. The minimum atomic E-state index is -0.230. The summed E-state index contributed by atoms with van der Waals surface area (Å²) in [5.41, 5.74) is 2.98. The summed E-state index contributed by atoms with van der Waals surface area (Å²) in [6.07, 6.45) is 0. The summed E-state index contributed by atoms with van der Waals surface area (Å²) < 4.78 is 1.57. The highest BCUT2D eigenvalue weighted by Crippen LogP contribution is 2.19. The number of rotatable bonds is 2. The maximum absolute atomic E-state index is 12.2. The molecule has 3 aromatic rings. The summed E-state index contributed by atoms with van der Waals surface area (Å²) in [4.78, 5) is 12.8. The molecule has 0 fully saturated rings. The molecule has 0 atom stereocenters. The summed E-state index contributed by atoms with van der Waals surface area (Å²) >= 11 is 1.22. The van der Waals surface area contributed by atoms with E-state index in [1.54, 1.807) is 11.4 Å². The van der Waals surface area contributed by atoms with E-state index in [4.69, 9.17) is 0 Å². The van der Waals surface area contributed by atoms with Gasteiger partial charge in [-0.3, -0.25) is 4.79 Å². The standard InChI is InChI=1S/C13H13N5OS/c1-7-4-5-10(8(2)6-7)14-11(19)12-17-18-9(3)15-16-13(18)20-12/h4-6H,1-3H3,(H,14,19). The van der Waals surface area contributed by atoms with Crippen LogP contribution in [0.1, 0.15) is 26.8 Å². The monoisotopic (exact) mass is 287 g/mol. The van der Waals surface area contributed by atoms with Gasteiger partial charge in [-0.05, 0) is 32.4 Å². The molecule has 2 aromatic heterocycles. The van der Waals surface area contributed by atoms with E-state index in [0.29, 0.717) is 15.8 Å². The van der Waals surface area contributed by atoms with Gasteiger partial charge in [0, 0.05) is 5.69 Å². The average molecular weight is 287 g/mol. The summed E-state index contributed by atoms with van der Waals surface area (Å²) in [5.74, 6) is 0.439. The summed E-state index contributed by atoms with van der Waals surface area (Å²) in [6, 6.07) is 5.89. The van der Waals surface area contributed by atoms with Crippen molar-refractivity contribution in [3.63, 3.8) is 0 Å². The van der Waals surface area contributed by atoms with E-state index in [-0.39, 0.29) is 5.91 Å². The molecular weight excluding hydrogens is 274 g/mol. The third-order valence-corrected chi connectivity index (χ3v) is 3.87. The van der Waals surface area contributed by atoms with Gasteiger partial charge in [0.2, 0.25) is 9.97 Å². The highest BCUT2D eigenvalue weighted by Gasteiger charge is 2.16. The molecule has 2 heterocycles. The number of benzene rings is 1. The van der Waals surface area contributed by atoms with Gasteiger partial charge in [-0.2, -0.15) is 4.52 Å². The Balaban J connectivity index is 1.88. The van der Waals surface area contributed by atoms with Crippen molar-refractivity contribution in [3.05, 3.63) is 40.2 Å². The fourth-order valence-corrected chi connectivity index (χ4v) is 2.72. The molecule has 0 radical (unpaired) electrons. The minimum Gasteiger partial charge on any atom is -0.320 e. The fraction of sp³-hybridized carbons (Fsp3) is 0.231. The normalized spacial score (nSPS) is 10.9. The van der Waals surface area contributed by atoms with Gasteiger partial charge in [0.25, 0.3) is 5.91 Å². The molecule has 3 rings (SSSR count). The van der Waals surface area contributed by atoms with Gasteiger partial charge in [-0.15, -0.1) is 15.3 Å². The van der Waals surface area contributed by atoms with Crippen molar-refractivity contribution < 1.29 is 4.79 Å². The zero-order valence-electron chi connectivity index (χ0n) is 11.3. The summed E-state index contributed by atoms with van der Waals surface area (Å²) in [7, 11) is 0. The molecule has 1 aromatic carbocycles. The van der Waals surface area contributed by atoms with Crippen LogP contribution in [0.5, 0.6) is 0 Å². The molecule has 0 aliphatic rings. The first-order valence-electron chi connectivity index (χ1n) is 6.12. The van der Waals surface area contributed by atoms with E-state index in [9.17, 15) is 4.79 Å². The molecule has 7 heteroatoms. The first-order chi connectivity index (χ1) is 9.54. The molecule has 1 amide bonds. The van der Waals surface area contributed by atoms with Crippen LogP contribution in [0, 0.1) is 20.8 Å². The molecule has 0 unspecified atom stereocenters. The third kappa shape index (κ3) is 2.16. The van der Waals surface area contributed by atoms with Crippen molar-refractivity contribution in [1.29, 1.82) is 0 Å². The van der Waals surface area contributed by atoms with Crippen LogP contribution in [-0.4, -0.2) is 25.7 Å². The van der Waals surface area contributed by atoms with Gasteiger partial charge in [-0.25, -0.2) is 0 Å². The Hall–Kier alpha value is -2.28. The summed E-state index contributed by atoms with van der Waals surface area (Å²) in [6.45, 7) is 5.78. The van der Waals surface area contributed by atoms with E-state index in [2.05, 4.69) is 20.6 Å². The predicted molar refractivity (Wildman–Crippen MR) is 77.3 cm³/mol. The van der Waals surface area contributed by atoms with Gasteiger partial charge in [-0.1, -0.05) is 29.0 Å². The quantitative estimate of drug-likeness (QED) is 0.785. The van der Waals surface area contributed by atoms with Crippen LogP contribution in [0.2, 0.25) is 0 Å². The lowest BCUT2D eigenvalue weighted by Gasteiger charge is -2.07. The fourth-order valence-electron chi connectivity index (χ4n) is 1.94. The van der Waals surface area contributed by atoms with Crippen molar-refractivity contribution in [1.82, 2.24) is 19.8 Å². The number of nitrogens with one attached hydrogen (secondary N) is 1. The molecule has 0 aliphatic heterocycles. The predicted octanol–water partition coefficient (Wildman–Crippen LogP) is 2.36. The number of hydrogen-bond acceptors (Lipinski definition) is 5. The van der Waals surface area contributed by atoms with Crippen molar-refractivity contribution in [3.8, 4) is 0 Å². The number of hydrogen-bond donors (Lipinski definition) is 1. The Labute approximate surface area is 119 Å². The molecule has 0 bridgehead atoms. The van der Waals surface area contributed by atoms with Crippen LogP contribution in [0.25, 0.3) is 4.96 Å². The topological polar surface area (TPSA) is 72.2 Å². The second kappa shape index (κ2) is 4.68. The van der Waals surface area contributed by atoms with Crippen molar-refractivity contribution in [2.75, 3.05) is 5.32 Å². The molecular formula is C13H13N5OS. The first-order valence-corrected chi connectivity index (χ1v) is 6.93. The number of anilines is 1. The smallest absolute Gasteiger partial charge is 0.286 e. The van der Waals surface area contributed by atoms with E-state index in [0.717, 1.165) is 16.8 Å². The number of carbonyl (C=O) groups excluding carboxylic acids is 1. The minimum absolute atomic E-state index is 0.230. The number of aryl methyl sites for hydroxylation is 3. The molecule has 6 nitrogen and oxygen atoms in total. The third-order valence-electron chi connectivity index (χ3n) is 2.97. The number of fused-ring (bicyclic) bond motifs is 1. The second-order valence-electron chi connectivity index (χ2n) is 4.62. The highest BCUT2D eigenvalue weighted by molar-refractivity contribution is 7.18. The molecule has 20 heavy (non-hydrogen) atoms. The Morgan fingerprint density at radius 3 is 2.75 bits per heavy atom. The Bertz CT molecular complexity index is 804. The molecule has 0 saturated carbocycles. The molecule has 0 spiro atoms. The van der Waals surface area contributed by atoms with E-state index in [1.165, 1.54) is 11.3 Å². The average Bonchev–Trinajstić information content (AvgIpc) is 2.96. The van der Waals surface area contributed by atoms with E-state index in [1.807, 2.05) is 32.0 Å². The van der Waals surface area contributed by atoms with Crippen molar-refractivity contribution >= 4 is 27.9 Å². The van der Waals surface area contributed by atoms with Gasteiger partial charge in [0.05, 0.1) is 0 Å². The number of carbonyl (C=O) groups is 1. The van der Waals surface area contributed by atoms with E-state index < -0.39 is 0 Å². The van der Waals surface area contributed by atoms with E-state index >= 15 is 0 Å². The van der Waals surface area contributed by atoms with Crippen LogP contribution in [0.15, 0.2) is 18.2 Å². The first kappa shape index (κ1) is 12.7. The second-order valence-corrected chi connectivity index (χ2v) is 5.58. The number of amides is 1. The van der Waals surface area contributed by atoms with Crippen molar-refractivity contribution in [2.45, 2.75) is 20.8 Å². The van der Waals surface area contributed by atoms with Crippen molar-refractivity contribution in [2.24, 2.45) is 0 Å². The zero-order chi connectivity index (χ0) is 14.3. The highest BCUT2D eigenvalue weighted by atomic mass is 32.1. The van der Waals surface area contributed by atoms with Crippen LogP contribution in [0.4, 0.5) is 5.69 Å². The Kier molecular flexibility index (Phi) is 2.98. The lowest BCUT2D eigenvalue weighted by Crippen LogP contribution is -2.13. The Morgan fingerprint density at radius 2 is 2.05 bits per heavy atom. The maximum atomic E-state index is 12.2. The maximum Gasteiger partial charge on any atom is 0.286 e. The van der Waals surface area contributed by atoms with Gasteiger partial charge >= 0.3 is 0 Å². The van der Waals surface area contributed by atoms with Gasteiger partial charge < -0.3 is 5.32 Å².